The fourth-order valence-electron chi connectivity index (χ4n) is 1.41. The number of nitriles is 1. The summed E-state index contributed by atoms with van der Waals surface area (Å²) in [4.78, 5) is 24.7. The van der Waals surface area contributed by atoms with Gasteiger partial charge in [-0.15, -0.1) is 11.3 Å². The Bertz CT molecular complexity index is 542. The van der Waals surface area contributed by atoms with E-state index in [1.165, 1.54) is 22.3 Å². The lowest BCUT2D eigenvalue weighted by molar-refractivity contribution is -0.131. The van der Waals surface area contributed by atoms with Crippen LogP contribution in [0.15, 0.2) is 17.5 Å². The maximum Gasteiger partial charge on any atom is 0.328 e. The van der Waals surface area contributed by atoms with Gasteiger partial charge >= 0.3 is 5.97 Å². The number of hydrogen-bond donors (Lipinski definition) is 1. The Morgan fingerprint density at radius 3 is 2.89 bits per heavy atom. The zero-order valence-corrected chi connectivity index (χ0v) is 11.5. The van der Waals surface area contributed by atoms with Gasteiger partial charge in [0.15, 0.2) is 0 Å². The summed E-state index contributed by atoms with van der Waals surface area (Å²) in [5, 5.41) is 19.0. The van der Waals surface area contributed by atoms with Crippen molar-refractivity contribution in [1.82, 2.24) is 4.90 Å². The van der Waals surface area contributed by atoms with E-state index in [2.05, 4.69) is 0 Å². The van der Waals surface area contributed by atoms with Gasteiger partial charge in [0.25, 0.3) is 5.91 Å². The molecule has 0 fully saturated rings. The molecule has 1 heterocycles. The van der Waals surface area contributed by atoms with E-state index < -0.39 is 5.97 Å². The standard InChI is InChI=1S/C13H14N2O3S/c1-9(5-7-14)15(2)13(18)12-10(6-8-19-12)3-4-11(16)17/h3-4,6,8-9H,5H2,1-2H3,(H,16,17). The minimum Gasteiger partial charge on any atom is -0.478 e. The number of carboxylic acids is 1. The molecule has 1 aromatic heterocycles. The van der Waals surface area contributed by atoms with E-state index in [9.17, 15) is 9.59 Å². The van der Waals surface area contributed by atoms with Gasteiger partial charge in [-0.2, -0.15) is 5.26 Å². The number of amides is 1. The summed E-state index contributed by atoms with van der Waals surface area (Å²) in [5.74, 6) is -1.27. The molecule has 1 unspecified atom stereocenters. The first kappa shape index (κ1) is 14.9. The molecule has 0 aliphatic carbocycles. The highest BCUT2D eigenvalue weighted by Crippen LogP contribution is 2.21. The van der Waals surface area contributed by atoms with Crippen LogP contribution in [0.1, 0.15) is 28.6 Å². The minimum atomic E-state index is -1.06. The highest BCUT2D eigenvalue weighted by Gasteiger charge is 2.20. The molecule has 5 nitrogen and oxygen atoms in total. The summed E-state index contributed by atoms with van der Waals surface area (Å²) >= 11 is 1.25. The summed E-state index contributed by atoms with van der Waals surface area (Å²) in [6.45, 7) is 1.79. The fourth-order valence-corrected chi connectivity index (χ4v) is 2.28. The Morgan fingerprint density at radius 2 is 2.32 bits per heavy atom. The maximum atomic E-state index is 12.2. The summed E-state index contributed by atoms with van der Waals surface area (Å²) in [7, 11) is 1.63. The van der Waals surface area contributed by atoms with E-state index in [-0.39, 0.29) is 18.4 Å². The van der Waals surface area contributed by atoms with Gasteiger partial charge in [-0.05, 0) is 30.0 Å². The molecular formula is C13H14N2O3S. The molecule has 0 aliphatic rings. The average Bonchev–Trinajstić information content (AvgIpc) is 2.83. The van der Waals surface area contributed by atoms with Crippen LogP contribution < -0.4 is 0 Å². The van der Waals surface area contributed by atoms with Gasteiger partial charge in [0.2, 0.25) is 0 Å². The van der Waals surface area contributed by atoms with Crippen LogP contribution in [-0.2, 0) is 4.79 Å². The smallest absolute Gasteiger partial charge is 0.328 e. The Hall–Kier alpha value is -2.13. The van der Waals surface area contributed by atoms with Crippen molar-refractivity contribution in [3.05, 3.63) is 28.0 Å². The van der Waals surface area contributed by atoms with Crippen molar-refractivity contribution in [2.24, 2.45) is 0 Å². The third-order valence-corrected chi connectivity index (χ3v) is 3.58. The maximum absolute atomic E-state index is 12.2. The monoisotopic (exact) mass is 278 g/mol. The second kappa shape index (κ2) is 6.71. The molecule has 19 heavy (non-hydrogen) atoms. The summed E-state index contributed by atoms with van der Waals surface area (Å²) in [6.07, 6.45) is 2.65. The van der Waals surface area contributed by atoms with E-state index in [0.29, 0.717) is 10.4 Å². The van der Waals surface area contributed by atoms with Crippen LogP contribution in [0.4, 0.5) is 0 Å². The van der Waals surface area contributed by atoms with Crippen molar-refractivity contribution in [3.8, 4) is 6.07 Å². The first-order chi connectivity index (χ1) is 8.97. The topological polar surface area (TPSA) is 81.4 Å². The predicted molar refractivity (Wildman–Crippen MR) is 72.8 cm³/mol. The molecule has 0 saturated heterocycles. The van der Waals surface area contributed by atoms with Crippen molar-refractivity contribution in [3.63, 3.8) is 0 Å². The van der Waals surface area contributed by atoms with Gasteiger partial charge in [-0.1, -0.05) is 0 Å². The molecule has 0 aliphatic heterocycles. The molecule has 1 N–H and O–H groups in total. The van der Waals surface area contributed by atoms with E-state index in [0.717, 1.165) is 6.08 Å². The van der Waals surface area contributed by atoms with Gasteiger partial charge in [-0.3, -0.25) is 4.79 Å². The third kappa shape index (κ3) is 3.93. The lowest BCUT2D eigenvalue weighted by atomic mass is 10.2. The molecule has 0 bridgehead atoms. The van der Waals surface area contributed by atoms with E-state index in [4.69, 9.17) is 10.4 Å². The van der Waals surface area contributed by atoms with Gasteiger partial charge in [0.05, 0.1) is 17.4 Å². The molecule has 1 aromatic rings. The van der Waals surface area contributed by atoms with Crippen molar-refractivity contribution in [1.29, 1.82) is 5.26 Å². The van der Waals surface area contributed by atoms with Crippen molar-refractivity contribution in [2.45, 2.75) is 19.4 Å². The SMILES string of the molecule is CC(CC#N)N(C)C(=O)c1sccc1C=CC(=O)O. The number of carbonyl (C=O) groups excluding carboxylic acids is 1. The Balaban J connectivity index is 2.92. The first-order valence-electron chi connectivity index (χ1n) is 5.60. The zero-order chi connectivity index (χ0) is 14.4. The molecule has 1 amide bonds. The van der Waals surface area contributed by atoms with Gasteiger partial charge in [-0.25, -0.2) is 4.79 Å². The number of carboxylic acid groups (broad SMARTS) is 1. The Morgan fingerprint density at radius 1 is 1.63 bits per heavy atom. The largest absolute Gasteiger partial charge is 0.478 e. The normalized spacial score (nSPS) is 12.1. The van der Waals surface area contributed by atoms with E-state index >= 15 is 0 Å². The summed E-state index contributed by atoms with van der Waals surface area (Å²) < 4.78 is 0. The summed E-state index contributed by atoms with van der Waals surface area (Å²) in [6, 6.07) is 3.53. The second-order valence-electron chi connectivity index (χ2n) is 4.00. The van der Waals surface area contributed by atoms with Crippen molar-refractivity contribution >= 4 is 29.3 Å². The molecule has 1 rings (SSSR count). The van der Waals surface area contributed by atoms with Crippen molar-refractivity contribution < 1.29 is 14.7 Å². The quantitative estimate of drug-likeness (QED) is 0.837. The highest BCUT2D eigenvalue weighted by atomic mass is 32.1. The number of thiophene rings is 1. The zero-order valence-electron chi connectivity index (χ0n) is 10.7. The Kier molecular flexibility index (Phi) is 5.27. The number of hydrogen-bond acceptors (Lipinski definition) is 4. The van der Waals surface area contributed by atoms with Gasteiger partial charge < -0.3 is 10.0 Å². The average molecular weight is 278 g/mol. The molecule has 6 heteroatoms. The molecule has 0 aromatic carbocycles. The minimum absolute atomic E-state index is 0.184. The molecule has 0 saturated carbocycles. The van der Waals surface area contributed by atoms with Gasteiger partial charge in [0.1, 0.15) is 0 Å². The van der Waals surface area contributed by atoms with Crippen LogP contribution in [0.3, 0.4) is 0 Å². The van der Waals surface area contributed by atoms with Crippen molar-refractivity contribution in [2.75, 3.05) is 7.05 Å². The number of carbonyl (C=O) groups is 2. The number of nitrogens with zero attached hydrogens (tertiary/aromatic N) is 2. The molecule has 100 valence electrons. The summed E-state index contributed by atoms with van der Waals surface area (Å²) in [5.41, 5.74) is 0.577. The van der Waals surface area contributed by atoms with Crippen LogP contribution >= 0.6 is 11.3 Å². The van der Waals surface area contributed by atoms with Gasteiger partial charge in [0, 0.05) is 19.2 Å². The number of rotatable bonds is 5. The van der Waals surface area contributed by atoms with Crippen LogP contribution in [0.5, 0.6) is 0 Å². The van der Waals surface area contributed by atoms with Crippen LogP contribution in [-0.4, -0.2) is 35.0 Å². The lowest BCUT2D eigenvalue weighted by Gasteiger charge is -2.22. The van der Waals surface area contributed by atoms with E-state index in [1.807, 2.05) is 6.07 Å². The number of aliphatic carboxylic acids is 1. The third-order valence-electron chi connectivity index (χ3n) is 2.66. The molecule has 0 spiro atoms. The fraction of sp³-hybridized carbons (Fsp3) is 0.308. The lowest BCUT2D eigenvalue weighted by Crippen LogP contribution is -2.34. The highest BCUT2D eigenvalue weighted by molar-refractivity contribution is 7.12. The van der Waals surface area contributed by atoms with Crippen LogP contribution in [0, 0.1) is 11.3 Å². The molecular weight excluding hydrogens is 264 g/mol. The molecule has 1 atom stereocenters. The van der Waals surface area contributed by atoms with Crippen LogP contribution in [0.2, 0.25) is 0 Å². The predicted octanol–water partition coefficient (Wildman–Crippen LogP) is 2.22. The second-order valence-corrected chi connectivity index (χ2v) is 4.92. The Labute approximate surface area is 115 Å². The molecule has 0 radical (unpaired) electrons. The van der Waals surface area contributed by atoms with E-state index in [1.54, 1.807) is 25.4 Å². The first-order valence-corrected chi connectivity index (χ1v) is 6.48. The van der Waals surface area contributed by atoms with Crippen LogP contribution in [0.25, 0.3) is 6.08 Å².